The summed E-state index contributed by atoms with van der Waals surface area (Å²) in [5, 5.41) is 27.3. The van der Waals surface area contributed by atoms with Gasteiger partial charge in [-0.2, -0.15) is 0 Å². The lowest BCUT2D eigenvalue weighted by Crippen LogP contribution is -2.55. The van der Waals surface area contributed by atoms with E-state index in [1.165, 1.54) is 0 Å². The van der Waals surface area contributed by atoms with E-state index in [2.05, 4.69) is 40.2 Å². The number of rotatable bonds is 18. The molecule has 9 heteroatoms. The van der Waals surface area contributed by atoms with Crippen molar-refractivity contribution in [1.82, 2.24) is 20.4 Å². The molecule has 3 amide bonds. The minimum Gasteiger partial charge on any atom is -0.389 e. The molecule has 45 heavy (non-hydrogen) atoms. The van der Waals surface area contributed by atoms with E-state index in [0.717, 1.165) is 50.8 Å². The molecule has 2 rings (SSSR count). The summed E-state index contributed by atoms with van der Waals surface area (Å²) in [7, 11) is 3.73. The topological polar surface area (TPSA) is 122 Å². The van der Waals surface area contributed by atoms with Crippen molar-refractivity contribution in [2.24, 2.45) is 11.8 Å². The van der Waals surface area contributed by atoms with Gasteiger partial charge in [0.25, 0.3) is 0 Å². The number of carbonyl (C=O) groups excluding carboxylic acids is 3. The van der Waals surface area contributed by atoms with Crippen LogP contribution in [-0.4, -0.2) is 95.8 Å². The molecule has 0 radical (unpaired) electrons. The maximum Gasteiger partial charge on any atom is 0.243 e. The number of nitrogens with zero attached hydrogens (tertiary/aromatic N) is 2. The number of amides is 3. The van der Waals surface area contributed by atoms with Crippen LogP contribution in [0.5, 0.6) is 0 Å². The Labute approximate surface area is 270 Å². The number of likely N-dealkylation sites (N-methyl/N-ethyl adjacent to an activating group) is 2. The zero-order valence-electron chi connectivity index (χ0n) is 27.6. The third kappa shape index (κ3) is 13.7. The predicted molar refractivity (Wildman–Crippen MR) is 178 cm³/mol. The minimum absolute atomic E-state index is 0.0117. The smallest absolute Gasteiger partial charge is 0.243 e. The molecule has 248 valence electrons. The van der Waals surface area contributed by atoms with Crippen molar-refractivity contribution in [3.63, 3.8) is 0 Å². The van der Waals surface area contributed by atoms with E-state index in [1.54, 1.807) is 18.9 Å². The second-order valence-electron chi connectivity index (χ2n) is 12.3. The molecule has 1 saturated carbocycles. The van der Waals surface area contributed by atoms with Crippen LogP contribution in [0.25, 0.3) is 0 Å². The summed E-state index contributed by atoms with van der Waals surface area (Å²) in [6, 6.07) is 7.74. The van der Waals surface area contributed by atoms with Gasteiger partial charge in [0.2, 0.25) is 17.7 Å². The summed E-state index contributed by atoms with van der Waals surface area (Å²) in [5.74, 6) is 6.59. The number of aliphatic hydroxyl groups excluding tert-OH is 2. The molecular weight excluding hydrogens is 568 g/mol. The van der Waals surface area contributed by atoms with E-state index in [0.29, 0.717) is 25.3 Å². The van der Waals surface area contributed by atoms with Gasteiger partial charge >= 0.3 is 0 Å². The summed E-state index contributed by atoms with van der Waals surface area (Å²) in [6.45, 7) is 5.83. The van der Waals surface area contributed by atoms with Gasteiger partial charge in [-0.15, -0.1) is 24.2 Å². The quantitative estimate of drug-likeness (QED) is 0.187. The lowest BCUT2D eigenvalue weighted by atomic mass is 9.82. The van der Waals surface area contributed by atoms with Gasteiger partial charge in [0.1, 0.15) is 12.1 Å². The number of aliphatic hydroxyl groups is 2. The second kappa shape index (κ2) is 20.6. The van der Waals surface area contributed by atoms with Gasteiger partial charge in [0.05, 0.1) is 18.1 Å². The number of benzene rings is 1. The summed E-state index contributed by atoms with van der Waals surface area (Å²) < 4.78 is 0. The third-order valence-corrected chi connectivity index (χ3v) is 8.79. The second-order valence-corrected chi connectivity index (χ2v) is 12.3. The lowest BCUT2D eigenvalue weighted by molar-refractivity contribution is -0.136. The predicted octanol–water partition coefficient (Wildman–Crippen LogP) is 2.74. The van der Waals surface area contributed by atoms with Crippen LogP contribution < -0.4 is 10.6 Å². The summed E-state index contributed by atoms with van der Waals surface area (Å²) in [4.78, 5) is 44.5. The Morgan fingerprint density at radius 2 is 1.69 bits per heavy atom. The van der Waals surface area contributed by atoms with Gasteiger partial charge in [-0.3, -0.25) is 14.4 Å². The van der Waals surface area contributed by atoms with Gasteiger partial charge in [-0.05, 0) is 44.8 Å². The molecule has 0 aliphatic heterocycles. The normalized spacial score (nSPS) is 16.7. The first kappa shape index (κ1) is 37.8. The summed E-state index contributed by atoms with van der Waals surface area (Å²) in [6.07, 6.45) is 9.09. The van der Waals surface area contributed by atoms with Crippen LogP contribution in [0.2, 0.25) is 0 Å². The molecule has 0 heterocycles. The number of terminal acetylenes is 1. The standard InChI is InChI=1S/C36H54N4O5/c1-6-9-21-30(36(45)38-31(34(43)32(41)16-7-2)25-28-19-14-11-15-20-28)37-35(44)29(24-27-17-12-10-13-18-27)26-33(42)40(5)23-22-39(4)8-3/h2,10,12-13,17-18,28-32,34,41,43H,8,11,14-16,19-26H2,1,3-5H3,(H,37,44)(H,38,45). The van der Waals surface area contributed by atoms with E-state index in [1.807, 2.05) is 37.4 Å². The molecule has 5 atom stereocenters. The fourth-order valence-corrected chi connectivity index (χ4v) is 5.69. The Morgan fingerprint density at radius 1 is 1.00 bits per heavy atom. The Hall–Kier alpha value is -3.37. The highest BCUT2D eigenvalue weighted by atomic mass is 16.3. The number of hydrogen-bond acceptors (Lipinski definition) is 6. The molecule has 1 aliphatic rings. The fourth-order valence-electron chi connectivity index (χ4n) is 5.69. The molecule has 5 unspecified atom stereocenters. The number of carbonyl (C=O) groups is 3. The molecule has 0 saturated heterocycles. The molecule has 1 aromatic rings. The molecular formula is C36H54N4O5. The molecule has 9 nitrogen and oxygen atoms in total. The molecule has 1 fully saturated rings. The van der Waals surface area contributed by atoms with Crippen LogP contribution in [0, 0.1) is 36.0 Å². The van der Waals surface area contributed by atoms with Crippen LogP contribution >= 0.6 is 0 Å². The van der Waals surface area contributed by atoms with Crippen molar-refractivity contribution < 1.29 is 24.6 Å². The Bertz CT molecular complexity index is 1150. The highest BCUT2D eigenvalue weighted by Gasteiger charge is 2.33. The Kier molecular flexibility index (Phi) is 17.3. The maximum atomic E-state index is 13.8. The van der Waals surface area contributed by atoms with Crippen LogP contribution in [-0.2, 0) is 20.8 Å². The fraction of sp³-hybridized carbons (Fsp3) is 0.639. The van der Waals surface area contributed by atoms with Gasteiger partial charge in [-0.25, -0.2) is 0 Å². The average molecular weight is 623 g/mol. The van der Waals surface area contributed by atoms with Crippen molar-refractivity contribution in [1.29, 1.82) is 0 Å². The van der Waals surface area contributed by atoms with Crippen LogP contribution in [0.15, 0.2) is 30.3 Å². The van der Waals surface area contributed by atoms with E-state index >= 15 is 0 Å². The molecule has 0 spiro atoms. The van der Waals surface area contributed by atoms with Crippen molar-refractivity contribution >= 4 is 17.7 Å². The van der Waals surface area contributed by atoms with Crippen LogP contribution in [0.4, 0.5) is 0 Å². The first-order chi connectivity index (χ1) is 21.6. The number of nitrogens with one attached hydrogen (secondary N) is 2. The van der Waals surface area contributed by atoms with Gasteiger partial charge in [-0.1, -0.05) is 69.4 Å². The lowest BCUT2D eigenvalue weighted by Gasteiger charge is -2.33. The minimum atomic E-state index is -1.26. The average Bonchev–Trinajstić information content (AvgIpc) is 3.05. The van der Waals surface area contributed by atoms with Gasteiger partial charge in [0.15, 0.2) is 0 Å². The summed E-state index contributed by atoms with van der Waals surface area (Å²) >= 11 is 0. The molecule has 0 bridgehead atoms. The van der Waals surface area contributed by atoms with Crippen molar-refractivity contribution in [2.75, 3.05) is 33.7 Å². The highest BCUT2D eigenvalue weighted by molar-refractivity contribution is 5.91. The zero-order valence-corrected chi connectivity index (χ0v) is 27.6. The van der Waals surface area contributed by atoms with E-state index in [4.69, 9.17) is 6.42 Å². The monoisotopic (exact) mass is 622 g/mol. The van der Waals surface area contributed by atoms with Gasteiger partial charge in [0, 0.05) is 39.4 Å². The first-order valence-electron chi connectivity index (χ1n) is 16.4. The highest BCUT2D eigenvalue weighted by Crippen LogP contribution is 2.28. The molecule has 0 aromatic heterocycles. The molecule has 1 aliphatic carbocycles. The largest absolute Gasteiger partial charge is 0.389 e. The van der Waals surface area contributed by atoms with Crippen molar-refractivity contribution in [3.05, 3.63) is 35.9 Å². The zero-order chi connectivity index (χ0) is 33.2. The van der Waals surface area contributed by atoms with E-state index in [9.17, 15) is 24.6 Å². The number of hydrogen-bond donors (Lipinski definition) is 4. The first-order valence-corrected chi connectivity index (χ1v) is 16.4. The van der Waals surface area contributed by atoms with E-state index in [-0.39, 0.29) is 25.2 Å². The van der Waals surface area contributed by atoms with Crippen molar-refractivity contribution in [2.45, 2.75) is 102 Å². The molecule has 4 N–H and O–H groups in total. The van der Waals surface area contributed by atoms with Crippen LogP contribution in [0.1, 0.15) is 77.2 Å². The van der Waals surface area contributed by atoms with Gasteiger partial charge < -0.3 is 30.6 Å². The van der Waals surface area contributed by atoms with Crippen molar-refractivity contribution in [3.8, 4) is 24.2 Å². The Morgan fingerprint density at radius 3 is 2.31 bits per heavy atom. The SMILES string of the molecule is C#CCC(O)C(O)C(CC1CCCCC1)NC(=O)C(CC#CC)NC(=O)C(CC(=O)N(C)CCN(C)CC)Cc1ccccc1. The van der Waals surface area contributed by atoms with E-state index < -0.39 is 42.0 Å². The summed E-state index contributed by atoms with van der Waals surface area (Å²) in [5.41, 5.74) is 0.909. The Balaban J connectivity index is 2.24. The van der Waals surface area contributed by atoms with Crippen LogP contribution in [0.3, 0.4) is 0 Å². The maximum absolute atomic E-state index is 13.8. The third-order valence-electron chi connectivity index (χ3n) is 8.79. The molecule has 1 aromatic carbocycles.